The van der Waals surface area contributed by atoms with Gasteiger partial charge in [-0.1, -0.05) is 80.6 Å². The number of fused-ring (bicyclic) bond motifs is 2. The molecule has 0 bridgehead atoms. The molecule has 4 nitrogen and oxygen atoms in total. The van der Waals surface area contributed by atoms with Crippen molar-refractivity contribution in [3.05, 3.63) is 108 Å². The number of unbranched alkanes of at least 4 members (excludes halogenated alkanes) is 2. The number of hydrogen-bond acceptors (Lipinski definition) is 2. The Kier molecular flexibility index (Phi) is 8.74. The number of likely N-dealkylation sites (N-methyl/N-ethyl adjacent to an activating group) is 1. The average molecular weight is 524 g/mol. The Morgan fingerprint density at radius 3 is 2.26 bits per heavy atom. The van der Waals surface area contributed by atoms with Crippen LogP contribution in [0.3, 0.4) is 0 Å². The molecule has 4 rings (SSSR count). The SMILES string of the molecule is CCN1/C(=C/C=C/C=C/C=C/C2=[N+](CCCCCC(=O)O)c3ccccc3C2(C)C)C(C)(C)c2ccccc21. The highest BCUT2D eigenvalue weighted by Crippen LogP contribution is 2.47. The summed E-state index contributed by atoms with van der Waals surface area (Å²) in [6.45, 7) is 13.2. The van der Waals surface area contributed by atoms with Gasteiger partial charge in [0.25, 0.3) is 0 Å². The lowest BCUT2D eigenvalue weighted by atomic mass is 9.81. The monoisotopic (exact) mass is 523 g/mol. The van der Waals surface area contributed by atoms with E-state index < -0.39 is 5.97 Å². The molecule has 2 aromatic rings. The lowest BCUT2D eigenvalue weighted by Crippen LogP contribution is -2.27. The molecule has 0 radical (unpaired) electrons. The third kappa shape index (κ3) is 5.85. The van der Waals surface area contributed by atoms with E-state index in [-0.39, 0.29) is 17.3 Å². The Hall–Kier alpha value is -3.66. The molecule has 0 spiro atoms. The van der Waals surface area contributed by atoms with Gasteiger partial charge in [-0.25, -0.2) is 0 Å². The van der Waals surface area contributed by atoms with Crippen molar-refractivity contribution in [3.8, 4) is 0 Å². The van der Waals surface area contributed by atoms with Gasteiger partial charge in [0.2, 0.25) is 5.69 Å². The van der Waals surface area contributed by atoms with Crippen LogP contribution in [0, 0.1) is 0 Å². The Morgan fingerprint density at radius 2 is 1.51 bits per heavy atom. The number of carboxylic acids is 1. The quantitative estimate of drug-likeness (QED) is 0.184. The molecule has 0 amide bonds. The number of carboxylic acid groups (broad SMARTS) is 1. The summed E-state index contributed by atoms with van der Waals surface area (Å²) in [5.41, 5.74) is 7.79. The fourth-order valence-electron chi connectivity index (χ4n) is 6.07. The van der Waals surface area contributed by atoms with Crippen LogP contribution >= 0.6 is 0 Å². The number of hydrogen-bond donors (Lipinski definition) is 1. The Labute approximate surface area is 234 Å². The minimum atomic E-state index is -0.713. The Bertz CT molecular complexity index is 1350. The van der Waals surface area contributed by atoms with Gasteiger partial charge < -0.3 is 10.0 Å². The third-order valence-corrected chi connectivity index (χ3v) is 8.14. The largest absolute Gasteiger partial charge is 0.481 e. The molecule has 204 valence electrons. The van der Waals surface area contributed by atoms with Crippen molar-refractivity contribution in [1.29, 1.82) is 0 Å². The summed E-state index contributed by atoms with van der Waals surface area (Å²) >= 11 is 0. The maximum Gasteiger partial charge on any atom is 0.303 e. The first-order valence-corrected chi connectivity index (χ1v) is 14.2. The van der Waals surface area contributed by atoms with Crippen LogP contribution in [0.4, 0.5) is 11.4 Å². The fourth-order valence-corrected chi connectivity index (χ4v) is 6.07. The van der Waals surface area contributed by atoms with E-state index in [0.717, 1.165) is 32.4 Å². The third-order valence-electron chi connectivity index (χ3n) is 8.14. The highest BCUT2D eigenvalue weighted by Gasteiger charge is 2.43. The number of aliphatic carboxylic acids is 1. The van der Waals surface area contributed by atoms with Crippen LogP contribution in [0.2, 0.25) is 0 Å². The summed E-state index contributed by atoms with van der Waals surface area (Å²) in [6, 6.07) is 17.3. The normalized spacial score (nSPS) is 18.7. The van der Waals surface area contributed by atoms with E-state index in [1.54, 1.807) is 0 Å². The van der Waals surface area contributed by atoms with E-state index in [9.17, 15) is 4.79 Å². The van der Waals surface area contributed by atoms with Crippen molar-refractivity contribution in [3.63, 3.8) is 0 Å². The summed E-state index contributed by atoms with van der Waals surface area (Å²) in [6.07, 6.45) is 17.9. The van der Waals surface area contributed by atoms with Crippen molar-refractivity contribution < 1.29 is 14.5 Å². The molecule has 0 unspecified atom stereocenters. The van der Waals surface area contributed by atoms with Gasteiger partial charge in [-0.3, -0.25) is 4.79 Å². The standard InChI is InChI=1S/C35H42N2O2/c1-6-36-29-21-16-14-19-27(29)34(2,3)31(36)23-11-8-7-9-12-24-32-35(4,5)28-20-15-17-22-30(28)37(32)26-18-10-13-25-33(38)39/h7-9,11-12,14-17,19-24H,6,10,13,18,25-26H2,1-5H3/p+1. The Balaban J connectivity index is 1.47. The van der Waals surface area contributed by atoms with Gasteiger partial charge in [-0.05, 0) is 51.3 Å². The van der Waals surface area contributed by atoms with E-state index in [4.69, 9.17) is 5.11 Å². The van der Waals surface area contributed by atoms with Crippen LogP contribution in [0.1, 0.15) is 71.4 Å². The van der Waals surface area contributed by atoms with Crippen LogP contribution in [-0.4, -0.2) is 34.5 Å². The summed E-state index contributed by atoms with van der Waals surface area (Å²) in [5, 5.41) is 8.94. The van der Waals surface area contributed by atoms with E-state index >= 15 is 0 Å². The van der Waals surface area contributed by atoms with Gasteiger partial charge in [-0.2, -0.15) is 4.58 Å². The zero-order valence-corrected chi connectivity index (χ0v) is 24.2. The fraction of sp³-hybridized carbons (Fsp3) is 0.371. The molecule has 0 aliphatic carbocycles. The molecule has 0 aromatic heterocycles. The molecule has 0 saturated carbocycles. The molecule has 1 N–H and O–H groups in total. The van der Waals surface area contributed by atoms with Crippen molar-refractivity contribution in [1.82, 2.24) is 0 Å². The summed E-state index contributed by atoms with van der Waals surface area (Å²) in [7, 11) is 0. The predicted octanol–water partition coefficient (Wildman–Crippen LogP) is 8.08. The molecule has 4 heteroatoms. The zero-order valence-electron chi connectivity index (χ0n) is 24.2. The number of para-hydroxylation sites is 2. The smallest absolute Gasteiger partial charge is 0.303 e. The first-order valence-electron chi connectivity index (χ1n) is 14.2. The van der Waals surface area contributed by atoms with Crippen LogP contribution < -0.4 is 4.90 Å². The maximum absolute atomic E-state index is 10.9. The number of nitrogens with zero attached hydrogens (tertiary/aromatic N) is 2. The zero-order chi connectivity index (χ0) is 28.0. The highest BCUT2D eigenvalue weighted by atomic mass is 16.4. The molecule has 0 fully saturated rings. The van der Waals surface area contributed by atoms with Gasteiger partial charge in [0.05, 0.1) is 5.41 Å². The molecular weight excluding hydrogens is 480 g/mol. The van der Waals surface area contributed by atoms with Gasteiger partial charge >= 0.3 is 5.97 Å². The predicted molar refractivity (Wildman–Crippen MR) is 163 cm³/mol. The first kappa shape index (κ1) is 28.4. The number of anilines is 1. The van der Waals surface area contributed by atoms with Crippen LogP contribution in [-0.2, 0) is 15.6 Å². The summed E-state index contributed by atoms with van der Waals surface area (Å²) in [5.74, 6) is -0.713. The molecule has 2 aliphatic rings. The van der Waals surface area contributed by atoms with E-state index in [0.29, 0.717) is 0 Å². The van der Waals surface area contributed by atoms with Gasteiger partial charge in [0.1, 0.15) is 6.54 Å². The van der Waals surface area contributed by atoms with Crippen molar-refractivity contribution in [2.75, 3.05) is 18.0 Å². The van der Waals surface area contributed by atoms with Crippen molar-refractivity contribution in [2.24, 2.45) is 0 Å². The number of rotatable bonds is 11. The van der Waals surface area contributed by atoms with Crippen molar-refractivity contribution in [2.45, 2.75) is 71.1 Å². The highest BCUT2D eigenvalue weighted by molar-refractivity contribution is 6.03. The van der Waals surface area contributed by atoms with E-state index in [2.05, 4.69) is 135 Å². The average Bonchev–Trinajstić information content (AvgIpc) is 3.26. The lowest BCUT2D eigenvalue weighted by Gasteiger charge is -2.25. The molecule has 2 heterocycles. The van der Waals surface area contributed by atoms with Gasteiger partial charge in [0, 0.05) is 53.9 Å². The van der Waals surface area contributed by atoms with Crippen LogP contribution in [0.15, 0.2) is 96.8 Å². The summed E-state index contributed by atoms with van der Waals surface area (Å²) < 4.78 is 2.42. The first-order chi connectivity index (χ1) is 18.7. The number of allylic oxidation sites excluding steroid dienone is 8. The van der Waals surface area contributed by atoms with Crippen molar-refractivity contribution >= 4 is 23.1 Å². The minimum absolute atomic E-state index is 0.0165. The number of carbonyl (C=O) groups is 1. The van der Waals surface area contributed by atoms with E-state index in [1.165, 1.54) is 33.9 Å². The second kappa shape index (κ2) is 12.0. The molecular formula is C35H43N2O2+. The molecule has 39 heavy (non-hydrogen) atoms. The minimum Gasteiger partial charge on any atom is -0.481 e. The van der Waals surface area contributed by atoms with Crippen LogP contribution in [0.25, 0.3) is 0 Å². The number of benzene rings is 2. The summed E-state index contributed by atoms with van der Waals surface area (Å²) in [4.78, 5) is 13.3. The molecule has 0 saturated heterocycles. The van der Waals surface area contributed by atoms with Gasteiger partial charge in [0.15, 0.2) is 5.71 Å². The maximum atomic E-state index is 10.9. The lowest BCUT2D eigenvalue weighted by molar-refractivity contribution is -0.438. The second-order valence-corrected chi connectivity index (χ2v) is 11.5. The van der Waals surface area contributed by atoms with Crippen LogP contribution in [0.5, 0.6) is 0 Å². The van der Waals surface area contributed by atoms with Gasteiger partial charge in [-0.15, -0.1) is 0 Å². The molecule has 2 aliphatic heterocycles. The topological polar surface area (TPSA) is 43.5 Å². The Morgan fingerprint density at radius 1 is 0.846 bits per heavy atom. The second-order valence-electron chi connectivity index (χ2n) is 11.5. The molecule has 0 atom stereocenters. The molecule has 2 aromatic carbocycles. The van der Waals surface area contributed by atoms with E-state index in [1.807, 2.05) is 0 Å².